The number of rotatable bonds is 5. The number of pyridine rings is 1. The minimum atomic E-state index is -0.160. The topological polar surface area (TPSA) is 84.0 Å². The highest BCUT2D eigenvalue weighted by atomic mass is 16.5. The standard InChI is InChI=1S/C21H26N4O4/c1-15-4-5-16(12-19(15)29-3)20(26)24-8-10-25(11-9-24)21(27)23-13-17-6-7-18(28-2)14-22-17/h4-7,12,14H,8-11,13H2,1-3H3,(H,23,27). The molecule has 2 heterocycles. The third kappa shape index (κ3) is 4.96. The van der Waals surface area contributed by atoms with Gasteiger partial charge in [0.2, 0.25) is 0 Å². The van der Waals surface area contributed by atoms with Gasteiger partial charge < -0.3 is 24.6 Å². The van der Waals surface area contributed by atoms with E-state index in [-0.39, 0.29) is 11.9 Å². The molecule has 1 saturated heterocycles. The highest BCUT2D eigenvalue weighted by Crippen LogP contribution is 2.20. The van der Waals surface area contributed by atoms with Crippen molar-refractivity contribution in [3.63, 3.8) is 0 Å². The van der Waals surface area contributed by atoms with Gasteiger partial charge in [-0.2, -0.15) is 0 Å². The molecule has 0 radical (unpaired) electrons. The first kappa shape index (κ1) is 20.4. The van der Waals surface area contributed by atoms with Crippen molar-refractivity contribution in [3.05, 3.63) is 53.3 Å². The van der Waals surface area contributed by atoms with Crippen LogP contribution in [0.1, 0.15) is 21.6 Å². The SMILES string of the molecule is COc1ccc(CNC(=O)N2CCN(C(=O)c3ccc(C)c(OC)c3)CC2)nc1. The van der Waals surface area contributed by atoms with Gasteiger partial charge in [0.15, 0.2) is 0 Å². The van der Waals surface area contributed by atoms with E-state index in [1.54, 1.807) is 48.4 Å². The molecule has 1 N–H and O–H groups in total. The van der Waals surface area contributed by atoms with E-state index in [1.807, 2.05) is 19.1 Å². The molecule has 3 amide bonds. The molecule has 0 saturated carbocycles. The largest absolute Gasteiger partial charge is 0.496 e. The van der Waals surface area contributed by atoms with E-state index in [2.05, 4.69) is 10.3 Å². The molecule has 8 heteroatoms. The lowest BCUT2D eigenvalue weighted by molar-refractivity contribution is 0.0664. The molecule has 0 spiro atoms. The Labute approximate surface area is 170 Å². The van der Waals surface area contributed by atoms with E-state index in [1.165, 1.54) is 0 Å². The van der Waals surface area contributed by atoms with E-state index >= 15 is 0 Å². The summed E-state index contributed by atoms with van der Waals surface area (Å²) in [5, 5.41) is 2.87. The predicted molar refractivity (Wildman–Crippen MR) is 108 cm³/mol. The maximum atomic E-state index is 12.8. The Hall–Kier alpha value is -3.29. The number of urea groups is 1. The summed E-state index contributed by atoms with van der Waals surface area (Å²) in [5.74, 6) is 1.32. The molecule has 0 atom stereocenters. The van der Waals surface area contributed by atoms with Gasteiger partial charge in [0, 0.05) is 31.7 Å². The average molecular weight is 398 g/mol. The van der Waals surface area contributed by atoms with Crippen LogP contribution in [0.15, 0.2) is 36.5 Å². The van der Waals surface area contributed by atoms with Crippen molar-refractivity contribution in [1.29, 1.82) is 0 Å². The van der Waals surface area contributed by atoms with Crippen LogP contribution in [0.25, 0.3) is 0 Å². The van der Waals surface area contributed by atoms with Crippen LogP contribution in [-0.4, -0.2) is 67.1 Å². The first-order chi connectivity index (χ1) is 14.0. The Kier molecular flexibility index (Phi) is 6.54. The van der Waals surface area contributed by atoms with Crippen LogP contribution in [-0.2, 0) is 6.54 Å². The van der Waals surface area contributed by atoms with Crippen molar-refractivity contribution in [2.75, 3.05) is 40.4 Å². The Bertz CT molecular complexity index is 861. The van der Waals surface area contributed by atoms with E-state index < -0.39 is 0 Å². The number of ether oxygens (including phenoxy) is 2. The van der Waals surface area contributed by atoms with Gasteiger partial charge in [0.25, 0.3) is 5.91 Å². The van der Waals surface area contributed by atoms with Crippen LogP contribution in [0.4, 0.5) is 4.79 Å². The molecule has 8 nitrogen and oxygen atoms in total. The summed E-state index contributed by atoms with van der Waals surface area (Å²) in [4.78, 5) is 32.9. The lowest BCUT2D eigenvalue weighted by Crippen LogP contribution is -2.53. The van der Waals surface area contributed by atoms with E-state index in [0.29, 0.717) is 49.8 Å². The number of piperazine rings is 1. The fraction of sp³-hybridized carbons (Fsp3) is 0.381. The molecule has 1 fully saturated rings. The first-order valence-corrected chi connectivity index (χ1v) is 9.47. The first-order valence-electron chi connectivity index (χ1n) is 9.47. The van der Waals surface area contributed by atoms with Crippen molar-refractivity contribution in [2.24, 2.45) is 0 Å². The normalized spacial score (nSPS) is 13.8. The Balaban J connectivity index is 1.50. The van der Waals surface area contributed by atoms with Crippen LogP contribution >= 0.6 is 0 Å². The monoisotopic (exact) mass is 398 g/mol. The molecular weight excluding hydrogens is 372 g/mol. The number of methoxy groups -OCH3 is 2. The molecule has 29 heavy (non-hydrogen) atoms. The number of aryl methyl sites for hydroxylation is 1. The summed E-state index contributed by atoms with van der Waals surface area (Å²) in [5.41, 5.74) is 2.33. The second-order valence-electron chi connectivity index (χ2n) is 6.81. The summed E-state index contributed by atoms with van der Waals surface area (Å²) in [6.07, 6.45) is 1.62. The average Bonchev–Trinajstić information content (AvgIpc) is 2.77. The van der Waals surface area contributed by atoms with Gasteiger partial charge in [-0.3, -0.25) is 9.78 Å². The highest BCUT2D eigenvalue weighted by molar-refractivity contribution is 5.95. The number of carbonyl (C=O) groups excluding carboxylic acids is 2. The van der Waals surface area contributed by atoms with Crippen LogP contribution in [0, 0.1) is 6.92 Å². The quantitative estimate of drug-likeness (QED) is 0.834. The van der Waals surface area contributed by atoms with Gasteiger partial charge in [-0.25, -0.2) is 4.79 Å². The summed E-state index contributed by atoms with van der Waals surface area (Å²) < 4.78 is 10.4. The molecule has 2 aromatic rings. The predicted octanol–water partition coefficient (Wildman–Crippen LogP) is 2.07. The molecule has 1 aromatic heterocycles. The number of nitrogens with one attached hydrogen (secondary N) is 1. The van der Waals surface area contributed by atoms with Gasteiger partial charge in [0.05, 0.1) is 32.7 Å². The lowest BCUT2D eigenvalue weighted by atomic mass is 10.1. The van der Waals surface area contributed by atoms with E-state index in [9.17, 15) is 9.59 Å². The number of amides is 3. The number of benzene rings is 1. The van der Waals surface area contributed by atoms with Crippen LogP contribution in [0.2, 0.25) is 0 Å². The van der Waals surface area contributed by atoms with Crippen molar-refractivity contribution < 1.29 is 19.1 Å². The summed E-state index contributed by atoms with van der Waals surface area (Å²) in [6, 6.07) is 8.90. The lowest BCUT2D eigenvalue weighted by Gasteiger charge is -2.34. The Morgan fingerprint density at radius 3 is 2.38 bits per heavy atom. The van der Waals surface area contributed by atoms with Crippen molar-refractivity contribution >= 4 is 11.9 Å². The zero-order valence-electron chi connectivity index (χ0n) is 17.0. The number of carbonyl (C=O) groups is 2. The molecular formula is C21H26N4O4. The zero-order valence-corrected chi connectivity index (χ0v) is 17.0. The summed E-state index contributed by atoms with van der Waals surface area (Å²) in [6.45, 7) is 4.22. The maximum Gasteiger partial charge on any atom is 0.317 e. The van der Waals surface area contributed by atoms with Crippen LogP contribution in [0.5, 0.6) is 11.5 Å². The fourth-order valence-electron chi connectivity index (χ4n) is 3.16. The third-order valence-electron chi connectivity index (χ3n) is 4.96. The Morgan fingerprint density at radius 2 is 1.76 bits per heavy atom. The van der Waals surface area contributed by atoms with E-state index in [0.717, 1.165) is 11.3 Å². The molecule has 0 aliphatic carbocycles. The van der Waals surface area contributed by atoms with Gasteiger partial charge >= 0.3 is 6.03 Å². The highest BCUT2D eigenvalue weighted by Gasteiger charge is 2.25. The molecule has 3 rings (SSSR count). The number of hydrogen-bond donors (Lipinski definition) is 1. The second-order valence-corrected chi connectivity index (χ2v) is 6.81. The van der Waals surface area contributed by atoms with Gasteiger partial charge in [-0.05, 0) is 36.8 Å². The maximum absolute atomic E-state index is 12.8. The molecule has 0 bridgehead atoms. The summed E-state index contributed by atoms with van der Waals surface area (Å²) in [7, 11) is 3.17. The fourth-order valence-corrected chi connectivity index (χ4v) is 3.16. The molecule has 1 aliphatic heterocycles. The molecule has 1 aromatic carbocycles. The summed E-state index contributed by atoms with van der Waals surface area (Å²) >= 11 is 0. The number of aromatic nitrogens is 1. The van der Waals surface area contributed by atoms with Gasteiger partial charge in [-0.1, -0.05) is 6.07 Å². The third-order valence-corrected chi connectivity index (χ3v) is 4.96. The molecule has 0 unspecified atom stereocenters. The van der Waals surface area contributed by atoms with Crippen LogP contribution in [0.3, 0.4) is 0 Å². The van der Waals surface area contributed by atoms with Crippen LogP contribution < -0.4 is 14.8 Å². The van der Waals surface area contributed by atoms with Crippen molar-refractivity contribution in [3.8, 4) is 11.5 Å². The minimum absolute atomic E-state index is 0.0502. The zero-order chi connectivity index (χ0) is 20.8. The molecule has 1 aliphatic rings. The van der Waals surface area contributed by atoms with Crippen molar-refractivity contribution in [2.45, 2.75) is 13.5 Å². The second kappa shape index (κ2) is 9.27. The van der Waals surface area contributed by atoms with Gasteiger partial charge in [0.1, 0.15) is 11.5 Å². The van der Waals surface area contributed by atoms with Crippen molar-refractivity contribution in [1.82, 2.24) is 20.1 Å². The molecule has 154 valence electrons. The van der Waals surface area contributed by atoms with E-state index in [4.69, 9.17) is 9.47 Å². The van der Waals surface area contributed by atoms with Gasteiger partial charge in [-0.15, -0.1) is 0 Å². The number of nitrogens with zero attached hydrogens (tertiary/aromatic N) is 3. The number of hydrogen-bond acceptors (Lipinski definition) is 5. The Morgan fingerprint density at radius 1 is 1.03 bits per heavy atom. The minimum Gasteiger partial charge on any atom is -0.496 e. The smallest absolute Gasteiger partial charge is 0.317 e.